The van der Waals surface area contributed by atoms with Crippen LogP contribution in [0.3, 0.4) is 0 Å². The molecule has 2 heteroatoms. The van der Waals surface area contributed by atoms with E-state index in [9.17, 15) is 5.11 Å². The molecule has 1 aliphatic rings. The summed E-state index contributed by atoms with van der Waals surface area (Å²) in [4.78, 5) is 0. The van der Waals surface area contributed by atoms with Crippen molar-refractivity contribution < 1.29 is 10.4 Å². The van der Waals surface area contributed by atoms with Crippen LogP contribution in [0.4, 0.5) is 0 Å². The van der Waals surface area contributed by atoms with Crippen molar-refractivity contribution in [2.24, 2.45) is 0 Å². The van der Waals surface area contributed by atoms with Crippen molar-refractivity contribution in [1.82, 2.24) is 0 Å². The van der Waals surface area contributed by atoms with Gasteiger partial charge in [0, 0.05) is 0 Å². The van der Waals surface area contributed by atoms with Gasteiger partial charge in [-0.15, -0.1) is 0 Å². The van der Waals surface area contributed by atoms with E-state index in [-0.39, 0.29) is 0 Å². The van der Waals surface area contributed by atoms with Crippen molar-refractivity contribution in [3.05, 3.63) is 0 Å². The Morgan fingerprint density at radius 3 is 2.29 bits per heavy atom. The van der Waals surface area contributed by atoms with Gasteiger partial charge in [0.15, 0.2) is 0 Å². The number of nitrogens with two attached hydrogens (primary N) is 1. The van der Waals surface area contributed by atoms with E-state index in [1.165, 1.54) is 44.9 Å². The van der Waals surface area contributed by atoms with Gasteiger partial charge in [0.05, 0.1) is 17.7 Å². The number of hydrogen-bond acceptors (Lipinski definition) is 1. The van der Waals surface area contributed by atoms with Crippen LogP contribution in [-0.4, -0.2) is 22.8 Å². The molecule has 0 aromatic rings. The van der Waals surface area contributed by atoms with E-state index in [0.29, 0.717) is 0 Å². The molecule has 2 nitrogen and oxygen atoms in total. The Morgan fingerprint density at radius 2 is 1.76 bits per heavy atom. The van der Waals surface area contributed by atoms with Gasteiger partial charge in [-0.3, -0.25) is 0 Å². The SMILES string of the molecule is C[C@@H](CCCC(C)(C)O)[NH2+]C1CCCCCC1. The van der Waals surface area contributed by atoms with Crippen LogP contribution in [0.15, 0.2) is 0 Å². The molecule has 1 atom stereocenters. The minimum absolute atomic E-state index is 0.484. The lowest BCUT2D eigenvalue weighted by Gasteiger charge is -2.21. The molecule has 0 aromatic heterocycles. The molecule has 3 N–H and O–H groups in total. The van der Waals surface area contributed by atoms with Crippen LogP contribution < -0.4 is 5.32 Å². The fraction of sp³-hybridized carbons (Fsp3) is 1.00. The molecule has 17 heavy (non-hydrogen) atoms. The van der Waals surface area contributed by atoms with Crippen LogP contribution in [0.1, 0.15) is 78.6 Å². The molecule has 0 aliphatic heterocycles. The predicted octanol–water partition coefficient (Wildman–Crippen LogP) is 2.60. The second-order valence-corrected chi connectivity index (χ2v) is 6.63. The molecule has 1 fully saturated rings. The van der Waals surface area contributed by atoms with Gasteiger partial charge in [-0.1, -0.05) is 12.8 Å². The van der Waals surface area contributed by atoms with Gasteiger partial charge in [-0.2, -0.15) is 0 Å². The molecule has 0 aromatic carbocycles. The zero-order chi connectivity index (χ0) is 12.7. The van der Waals surface area contributed by atoms with E-state index in [1.807, 2.05) is 13.8 Å². The highest BCUT2D eigenvalue weighted by molar-refractivity contribution is 4.66. The summed E-state index contributed by atoms with van der Waals surface area (Å²) in [7, 11) is 0. The maximum atomic E-state index is 9.68. The fourth-order valence-electron chi connectivity index (χ4n) is 2.92. The maximum Gasteiger partial charge on any atom is 0.0861 e. The van der Waals surface area contributed by atoms with Gasteiger partial charge in [0.2, 0.25) is 0 Å². The molecule has 0 radical (unpaired) electrons. The summed E-state index contributed by atoms with van der Waals surface area (Å²) in [6, 6.07) is 1.59. The first kappa shape index (κ1) is 15.0. The van der Waals surface area contributed by atoms with Gasteiger partial charge in [0.25, 0.3) is 0 Å². The largest absolute Gasteiger partial charge is 0.390 e. The topological polar surface area (TPSA) is 36.8 Å². The zero-order valence-corrected chi connectivity index (χ0v) is 12.0. The quantitative estimate of drug-likeness (QED) is 0.690. The van der Waals surface area contributed by atoms with Crippen molar-refractivity contribution in [1.29, 1.82) is 0 Å². The lowest BCUT2D eigenvalue weighted by Crippen LogP contribution is -2.94. The minimum atomic E-state index is -0.484. The second kappa shape index (κ2) is 7.38. The molecule has 0 unspecified atom stereocenters. The van der Waals surface area contributed by atoms with Crippen molar-refractivity contribution >= 4 is 0 Å². The second-order valence-electron chi connectivity index (χ2n) is 6.63. The third-order valence-corrected chi connectivity index (χ3v) is 3.95. The van der Waals surface area contributed by atoms with Gasteiger partial charge in [-0.25, -0.2) is 0 Å². The monoisotopic (exact) mass is 242 g/mol. The van der Waals surface area contributed by atoms with E-state index in [2.05, 4.69) is 12.2 Å². The van der Waals surface area contributed by atoms with Crippen molar-refractivity contribution in [2.75, 3.05) is 0 Å². The Bertz CT molecular complexity index is 190. The lowest BCUT2D eigenvalue weighted by atomic mass is 9.99. The van der Waals surface area contributed by atoms with Crippen molar-refractivity contribution in [3.63, 3.8) is 0 Å². The number of rotatable bonds is 6. The van der Waals surface area contributed by atoms with Crippen LogP contribution in [-0.2, 0) is 0 Å². The Hall–Kier alpha value is -0.0800. The molecular weight excluding hydrogens is 210 g/mol. The highest BCUT2D eigenvalue weighted by Gasteiger charge is 2.19. The first-order valence-corrected chi connectivity index (χ1v) is 7.55. The lowest BCUT2D eigenvalue weighted by molar-refractivity contribution is -0.720. The molecule has 0 amide bonds. The molecule has 0 heterocycles. The molecule has 0 spiro atoms. The molecule has 0 bridgehead atoms. The van der Waals surface area contributed by atoms with Crippen LogP contribution >= 0.6 is 0 Å². The van der Waals surface area contributed by atoms with E-state index < -0.39 is 5.60 Å². The zero-order valence-electron chi connectivity index (χ0n) is 12.0. The van der Waals surface area contributed by atoms with Crippen LogP contribution in [0.5, 0.6) is 0 Å². The van der Waals surface area contributed by atoms with Crippen molar-refractivity contribution in [3.8, 4) is 0 Å². The minimum Gasteiger partial charge on any atom is -0.390 e. The summed E-state index contributed by atoms with van der Waals surface area (Å²) < 4.78 is 0. The Kier molecular flexibility index (Phi) is 6.50. The Labute approximate surface area is 107 Å². The van der Waals surface area contributed by atoms with Gasteiger partial charge < -0.3 is 10.4 Å². The van der Waals surface area contributed by atoms with E-state index in [0.717, 1.165) is 24.9 Å². The first-order valence-electron chi connectivity index (χ1n) is 7.55. The highest BCUT2D eigenvalue weighted by Crippen LogP contribution is 2.16. The summed E-state index contributed by atoms with van der Waals surface area (Å²) in [6.45, 7) is 6.16. The number of quaternary nitrogens is 1. The summed E-state index contributed by atoms with van der Waals surface area (Å²) in [6.07, 6.45) is 11.9. The average molecular weight is 242 g/mol. The highest BCUT2D eigenvalue weighted by atomic mass is 16.3. The number of aliphatic hydroxyl groups is 1. The van der Waals surface area contributed by atoms with Crippen LogP contribution in [0, 0.1) is 0 Å². The third-order valence-electron chi connectivity index (χ3n) is 3.95. The molecule has 0 saturated heterocycles. The average Bonchev–Trinajstić information content (AvgIpc) is 2.44. The first-order chi connectivity index (χ1) is 7.97. The molecular formula is C15H32NO+. The Morgan fingerprint density at radius 1 is 1.18 bits per heavy atom. The molecule has 1 aliphatic carbocycles. The van der Waals surface area contributed by atoms with E-state index in [4.69, 9.17) is 0 Å². The summed E-state index contributed by atoms with van der Waals surface area (Å²) in [5, 5.41) is 12.3. The number of hydrogen-bond donors (Lipinski definition) is 2. The fourth-order valence-corrected chi connectivity index (χ4v) is 2.92. The molecule has 102 valence electrons. The van der Waals surface area contributed by atoms with Crippen LogP contribution in [0.2, 0.25) is 0 Å². The Balaban J connectivity index is 2.12. The maximum absolute atomic E-state index is 9.68. The summed E-state index contributed by atoms with van der Waals surface area (Å²) in [5.74, 6) is 0. The standard InChI is InChI=1S/C15H31NO/c1-13(9-8-12-15(2,3)17)16-14-10-6-4-5-7-11-14/h13-14,16-17H,4-12H2,1-3H3/p+1/t13-/m0/s1. The molecule has 1 saturated carbocycles. The summed E-state index contributed by atoms with van der Waals surface area (Å²) in [5.41, 5.74) is -0.484. The van der Waals surface area contributed by atoms with E-state index >= 15 is 0 Å². The van der Waals surface area contributed by atoms with E-state index in [1.54, 1.807) is 0 Å². The summed E-state index contributed by atoms with van der Waals surface area (Å²) >= 11 is 0. The normalized spacial score (nSPS) is 21.2. The third kappa shape index (κ3) is 7.77. The smallest absolute Gasteiger partial charge is 0.0861 e. The van der Waals surface area contributed by atoms with Gasteiger partial charge in [0.1, 0.15) is 0 Å². The van der Waals surface area contributed by atoms with Crippen LogP contribution in [0.25, 0.3) is 0 Å². The molecule has 1 rings (SSSR count). The predicted molar refractivity (Wildman–Crippen MR) is 73.0 cm³/mol. The van der Waals surface area contributed by atoms with Crippen molar-refractivity contribution in [2.45, 2.75) is 96.2 Å². The van der Waals surface area contributed by atoms with Gasteiger partial charge >= 0.3 is 0 Å². The van der Waals surface area contributed by atoms with Gasteiger partial charge in [-0.05, 0) is 65.7 Å².